The zero-order chi connectivity index (χ0) is 14.1. The van der Waals surface area contributed by atoms with Crippen molar-refractivity contribution in [1.29, 1.82) is 0 Å². The summed E-state index contributed by atoms with van der Waals surface area (Å²) < 4.78 is 27.3. The molecule has 0 spiro atoms. The second-order valence-electron chi connectivity index (χ2n) is 4.39. The zero-order valence-electron chi connectivity index (χ0n) is 10.2. The van der Waals surface area contributed by atoms with E-state index in [-0.39, 0.29) is 28.9 Å². The highest BCUT2D eigenvalue weighted by Gasteiger charge is 2.27. The molecule has 110 valence electrons. The third-order valence-electron chi connectivity index (χ3n) is 2.19. The topological polar surface area (TPSA) is 72.2 Å². The van der Waals surface area contributed by atoms with Gasteiger partial charge in [-0.2, -0.15) is 0 Å². The van der Waals surface area contributed by atoms with Crippen LogP contribution in [0.2, 0.25) is 10.0 Å². The van der Waals surface area contributed by atoms with Gasteiger partial charge < -0.3 is 5.73 Å². The first kappa shape index (κ1) is 19.4. The highest BCUT2D eigenvalue weighted by atomic mass is 79.9. The summed E-state index contributed by atoms with van der Waals surface area (Å²) in [6.45, 7) is 3.53. The molecule has 0 bridgehead atoms. The zero-order valence-corrected chi connectivity index (χ0v) is 14.9. The van der Waals surface area contributed by atoms with Crippen molar-refractivity contribution < 1.29 is 8.42 Å². The average molecular weight is 413 g/mol. The summed E-state index contributed by atoms with van der Waals surface area (Å²) in [6, 6.07) is 2.73. The van der Waals surface area contributed by atoms with E-state index in [1.165, 1.54) is 12.1 Å². The van der Waals surface area contributed by atoms with Gasteiger partial charge in [0.25, 0.3) is 0 Å². The van der Waals surface area contributed by atoms with E-state index in [9.17, 15) is 8.42 Å². The predicted octanol–water partition coefficient (Wildman–Crippen LogP) is 3.19. The Morgan fingerprint density at radius 1 is 1.32 bits per heavy atom. The highest BCUT2D eigenvalue weighted by molar-refractivity contribution is 9.10. The molecule has 0 fully saturated rings. The van der Waals surface area contributed by atoms with Gasteiger partial charge in [-0.05, 0) is 41.9 Å². The van der Waals surface area contributed by atoms with Crippen molar-refractivity contribution in [2.75, 3.05) is 6.54 Å². The Labute approximate surface area is 137 Å². The quantitative estimate of drug-likeness (QED) is 0.746. The predicted molar refractivity (Wildman–Crippen MR) is 84.9 cm³/mol. The van der Waals surface area contributed by atoms with Gasteiger partial charge in [-0.25, -0.2) is 13.1 Å². The minimum absolute atomic E-state index is 0. The minimum atomic E-state index is -3.75. The van der Waals surface area contributed by atoms with E-state index in [2.05, 4.69) is 20.7 Å². The average Bonchev–Trinajstić information content (AvgIpc) is 2.21. The molecule has 0 radical (unpaired) electrons. The lowest BCUT2D eigenvalue weighted by Crippen LogP contribution is -2.48. The Morgan fingerprint density at radius 3 is 2.32 bits per heavy atom. The van der Waals surface area contributed by atoms with Gasteiger partial charge in [0.2, 0.25) is 10.0 Å². The van der Waals surface area contributed by atoms with Crippen LogP contribution in [0.4, 0.5) is 0 Å². The standard InChI is InChI=1S/C10H13BrCl2N2O2S.ClH/c1-10(2,5-14)15-18(16,17)9-3-6(11)7(12)4-8(9)13;/h3-4,15H,5,14H2,1-2H3;1H. The molecule has 4 nitrogen and oxygen atoms in total. The molecule has 0 aromatic heterocycles. The summed E-state index contributed by atoms with van der Waals surface area (Å²) in [5.41, 5.74) is 4.74. The normalized spacial score (nSPS) is 12.1. The summed E-state index contributed by atoms with van der Waals surface area (Å²) in [5.74, 6) is 0. The number of sulfonamides is 1. The first-order valence-electron chi connectivity index (χ1n) is 4.98. The van der Waals surface area contributed by atoms with Crippen molar-refractivity contribution >= 4 is 61.6 Å². The number of halogens is 4. The Kier molecular flexibility index (Phi) is 7.09. The van der Waals surface area contributed by atoms with Crippen LogP contribution >= 0.6 is 51.5 Å². The van der Waals surface area contributed by atoms with E-state index < -0.39 is 15.6 Å². The number of benzene rings is 1. The Bertz CT molecular complexity index is 564. The number of hydrogen-bond donors (Lipinski definition) is 2. The largest absolute Gasteiger partial charge is 0.329 e. The van der Waals surface area contributed by atoms with Crippen molar-refractivity contribution in [1.82, 2.24) is 4.72 Å². The van der Waals surface area contributed by atoms with Gasteiger partial charge in [0.05, 0.1) is 10.0 Å². The van der Waals surface area contributed by atoms with Crippen LogP contribution in [0.1, 0.15) is 13.8 Å². The number of nitrogens with one attached hydrogen (secondary N) is 1. The van der Waals surface area contributed by atoms with Crippen LogP contribution in [0, 0.1) is 0 Å². The van der Waals surface area contributed by atoms with E-state index in [1.807, 2.05) is 0 Å². The highest BCUT2D eigenvalue weighted by Crippen LogP contribution is 2.32. The van der Waals surface area contributed by atoms with Gasteiger partial charge in [0, 0.05) is 16.6 Å². The van der Waals surface area contributed by atoms with Gasteiger partial charge in [-0.3, -0.25) is 0 Å². The molecule has 0 atom stereocenters. The first-order chi connectivity index (χ1) is 8.09. The Balaban J connectivity index is 0.00000324. The van der Waals surface area contributed by atoms with Crippen molar-refractivity contribution in [3.8, 4) is 0 Å². The van der Waals surface area contributed by atoms with Gasteiger partial charge in [-0.15, -0.1) is 12.4 Å². The van der Waals surface area contributed by atoms with Gasteiger partial charge in [-0.1, -0.05) is 23.2 Å². The lowest BCUT2D eigenvalue weighted by molar-refractivity contribution is 0.462. The van der Waals surface area contributed by atoms with Crippen LogP contribution in [-0.4, -0.2) is 20.5 Å². The molecule has 9 heteroatoms. The summed E-state index contributed by atoms with van der Waals surface area (Å²) in [6.07, 6.45) is 0. The Hall–Kier alpha value is 0.440. The van der Waals surface area contributed by atoms with Crippen LogP contribution < -0.4 is 10.5 Å². The van der Waals surface area contributed by atoms with E-state index >= 15 is 0 Å². The second kappa shape index (κ2) is 6.93. The fourth-order valence-corrected chi connectivity index (χ4v) is 3.86. The van der Waals surface area contributed by atoms with Crippen molar-refractivity contribution in [2.45, 2.75) is 24.3 Å². The van der Waals surface area contributed by atoms with Crippen molar-refractivity contribution in [3.05, 3.63) is 26.7 Å². The Morgan fingerprint density at radius 2 is 1.84 bits per heavy atom. The maximum atomic E-state index is 12.2. The van der Waals surface area contributed by atoms with Crippen LogP contribution in [0.25, 0.3) is 0 Å². The third kappa shape index (κ3) is 5.04. The van der Waals surface area contributed by atoms with E-state index in [0.29, 0.717) is 9.50 Å². The first-order valence-corrected chi connectivity index (χ1v) is 8.01. The third-order valence-corrected chi connectivity index (χ3v) is 5.55. The molecule has 1 aromatic carbocycles. The lowest BCUT2D eigenvalue weighted by Gasteiger charge is -2.24. The van der Waals surface area contributed by atoms with E-state index in [0.717, 1.165) is 0 Å². The summed E-state index contributed by atoms with van der Waals surface area (Å²) in [7, 11) is -3.75. The molecule has 1 rings (SSSR count). The van der Waals surface area contributed by atoms with Gasteiger partial charge >= 0.3 is 0 Å². The maximum absolute atomic E-state index is 12.2. The second-order valence-corrected chi connectivity index (χ2v) is 7.71. The number of hydrogen-bond acceptors (Lipinski definition) is 3. The molecule has 19 heavy (non-hydrogen) atoms. The van der Waals surface area contributed by atoms with Crippen LogP contribution in [0.5, 0.6) is 0 Å². The van der Waals surface area contributed by atoms with Crippen LogP contribution in [0.3, 0.4) is 0 Å². The smallest absolute Gasteiger partial charge is 0.242 e. The summed E-state index contributed by atoms with van der Waals surface area (Å²) in [4.78, 5) is -0.0398. The molecule has 0 unspecified atom stereocenters. The van der Waals surface area contributed by atoms with Gasteiger partial charge in [0.1, 0.15) is 4.90 Å². The summed E-state index contributed by atoms with van der Waals surface area (Å²) in [5, 5.41) is 0.403. The summed E-state index contributed by atoms with van der Waals surface area (Å²) >= 11 is 14.9. The molecule has 0 heterocycles. The molecule has 1 aromatic rings. The minimum Gasteiger partial charge on any atom is -0.329 e. The van der Waals surface area contributed by atoms with Gasteiger partial charge in [0.15, 0.2) is 0 Å². The molecule has 0 saturated carbocycles. The fourth-order valence-electron chi connectivity index (χ4n) is 1.17. The van der Waals surface area contributed by atoms with Crippen LogP contribution in [-0.2, 0) is 10.0 Å². The van der Waals surface area contributed by atoms with Crippen molar-refractivity contribution in [3.63, 3.8) is 0 Å². The number of rotatable bonds is 4. The molecule has 3 N–H and O–H groups in total. The molecular weight excluding hydrogens is 398 g/mol. The maximum Gasteiger partial charge on any atom is 0.242 e. The molecule has 0 aliphatic carbocycles. The molecule has 0 aliphatic rings. The molecule has 0 amide bonds. The van der Waals surface area contributed by atoms with E-state index in [4.69, 9.17) is 28.9 Å². The monoisotopic (exact) mass is 410 g/mol. The molecule has 0 aliphatic heterocycles. The fraction of sp³-hybridized carbons (Fsp3) is 0.400. The van der Waals surface area contributed by atoms with Crippen LogP contribution in [0.15, 0.2) is 21.5 Å². The lowest BCUT2D eigenvalue weighted by atomic mass is 10.1. The van der Waals surface area contributed by atoms with E-state index in [1.54, 1.807) is 13.8 Å². The SMILES string of the molecule is CC(C)(CN)NS(=O)(=O)c1cc(Br)c(Cl)cc1Cl.Cl. The van der Waals surface area contributed by atoms with Crippen molar-refractivity contribution in [2.24, 2.45) is 5.73 Å². The molecular formula is C10H14BrCl3N2O2S. The number of nitrogens with two attached hydrogens (primary N) is 1. The molecule has 0 saturated heterocycles.